The zero-order valence-corrected chi connectivity index (χ0v) is 19.5. The molecule has 0 spiro atoms. The fraction of sp³-hybridized carbons (Fsp3) is 0.346. The normalized spacial score (nSPS) is 18.9. The number of Topliss-reactive ketones (excluding diaryl/α,β-unsaturated/α-hetero) is 1. The standard InChI is InChI=1S/C26H24F3N3OS/c1-16-8-11-24(34-16)23(33)14-17-5-4-6-19(13-17)32-22-10-9-18(26(27,28)29)15-21(22)31-25(32)20-7-2-3-12-30-20/h2-3,7-12,15,17,19H,4-6,13-14H2,1H3/t17-,19+/m0/s1. The predicted octanol–water partition coefficient (Wildman–Crippen LogP) is 7.49. The van der Waals surface area contributed by atoms with E-state index in [1.165, 1.54) is 17.4 Å². The van der Waals surface area contributed by atoms with E-state index in [1.807, 2.05) is 35.8 Å². The molecule has 5 rings (SSSR count). The Labute approximate surface area is 199 Å². The molecule has 1 fully saturated rings. The minimum atomic E-state index is -4.43. The molecule has 1 saturated carbocycles. The van der Waals surface area contributed by atoms with Gasteiger partial charge in [-0.05, 0) is 74.6 Å². The Balaban J connectivity index is 1.50. The fourth-order valence-corrected chi connectivity index (χ4v) is 5.77. The summed E-state index contributed by atoms with van der Waals surface area (Å²) in [5.74, 6) is 0.955. The molecule has 0 radical (unpaired) electrons. The maximum atomic E-state index is 13.3. The van der Waals surface area contributed by atoms with Crippen molar-refractivity contribution in [3.8, 4) is 11.5 Å². The summed E-state index contributed by atoms with van der Waals surface area (Å²) in [6, 6.07) is 13.1. The first-order chi connectivity index (χ1) is 16.3. The molecule has 1 aliphatic carbocycles. The first-order valence-corrected chi connectivity index (χ1v) is 12.2. The Kier molecular flexibility index (Phi) is 6.02. The van der Waals surface area contributed by atoms with Crippen molar-refractivity contribution < 1.29 is 18.0 Å². The SMILES string of the molecule is Cc1ccc(C(=O)C[C@H]2CCC[C@@H](n3c(-c4ccccn4)nc4cc(C(F)(F)F)ccc43)C2)s1. The second-order valence-electron chi connectivity index (χ2n) is 8.95. The molecule has 0 saturated heterocycles. The summed E-state index contributed by atoms with van der Waals surface area (Å²) in [5.41, 5.74) is 0.886. The van der Waals surface area contributed by atoms with E-state index in [0.717, 1.165) is 47.6 Å². The molecule has 3 heterocycles. The highest BCUT2D eigenvalue weighted by Gasteiger charge is 2.33. The highest BCUT2D eigenvalue weighted by molar-refractivity contribution is 7.14. The molecule has 4 nitrogen and oxygen atoms in total. The first-order valence-electron chi connectivity index (χ1n) is 11.4. The van der Waals surface area contributed by atoms with Crippen molar-refractivity contribution in [3.63, 3.8) is 0 Å². The van der Waals surface area contributed by atoms with Crippen LogP contribution in [0.1, 0.15) is 58.3 Å². The zero-order valence-electron chi connectivity index (χ0n) is 18.7. The van der Waals surface area contributed by atoms with Crippen molar-refractivity contribution in [2.75, 3.05) is 0 Å². The van der Waals surface area contributed by atoms with Gasteiger partial charge in [0.05, 0.1) is 21.5 Å². The van der Waals surface area contributed by atoms with E-state index < -0.39 is 11.7 Å². The molecule has 0 bridgehead atoms. The van der Waals surface area contributed by atoms with Gasteiger partial charge in [0, 0.05) is 23.5 Å². The number of nitrogens with zero attached hydrogens (tertiary/aromatic N) is 3. The van der Waals surface area contributed by atoms with Gasteiger partial charge in [-0.1, -0.05) is 12.5 Å². The van der Waals surface area contributed by atoms with Crippen LogP contribution in [0.5, 0.6) is 0 Å². The molecule has 0 N–H and O–H groups in total. The Morgan fingerprint density at radius 3 is 2.71 bits per heavy atom. The van der Waals surface area contributed by atoms with Crippen molar-refractivity contribution in [2.24, 2.45) is 5.92 Å². The zero-order chi connectivity index (χ0) is 23.9. The van der Waals surface area contributed by atoms with Crippen LogP contribution in [0, 0.1) is 12.8 Å². The fourth-order valence-electron chi connectivity index (χ4n) is 4.95. The van der Waals surface area contributed by atoms with Gasteiger partial charge < -0.3 is 4.57 Å². The summed E-state index contributed by atoms with van der Waals surface area (Å²) in [6.45, 7) is 1.99. The van der Waals surface area contributed by atoms with Gasteiger partial charge in [-0.25, -0.2) is 4.98 Å². The van der Waals surface area contributed by atoms with Gasteiger partial charge in [0.15, 0.2) is 11.6 Å². The average Bonchev–Trinajstić information content (AvgIpc) is 3.42. The van der Waals surface area contributed by atoms with E-state index in [-0.39, 0.29) is 17.7 Å². The molecule has 3 aromatic heterocycles. The van der Waals surface area contributed by atoms with E-state index in [4.69, 9.17) is 0 Å². The maximum Gasteiger partial charge on any atom is 0.416 e. The summed E-state index contributed by atoms with van der Waals surface area (Å²) >= 11 is 1.52. The van der Waals surface area contributed by atoms with Gasteiger partial charge >= 0.3 is 6.18 Å². The smallest absolute Gasteiger partial charge is 0.320 e. The maximum absolute atomic E-state index is 13.3. The number of fused-ring (bicyclic) bond motifs is 1. The summed E-state index contributed by atoms with van der Waals surface area (Å²) < 4.78 is 42.1. The van der Waals surface area contributed by atoms with Crippen molar-refractivity contribution in [1.82, 2.24) is 14.5 Å². The second kappa shape index (κ2) is 8.98. The lowest BCUT2D eigenvalue weighted by atomic mass is 9.82. The number of hydrogen-bond donors (Lipinski definition) is 0. The molecule has 34 heavy (non-hydrogen) atoms. The molecule has 4 aromatic rings. The molecule has 1 aromatic carbocycles. The number of imidazole rings is 1. The molecular weight excluding hydrogens is 459 g/mol. The third kappa shape index (κ3) is 4.51. The third-order valence-corrected chi connectivity index (χ3v) is 7.56. The van der Waals surface area contributed by atoms with Crippen molar-refractivity contribution >= 4 is 28.2 Å². The van der Waals surface area contributed by atoms with Crippen LogP contribution in [0.2, 0.25) is 0 Å². The van der Waals surface area contributed by atoms with Crippen molar-refractivity contribution in [2.45, 2.75) is 51.2 Å². The van der Waals surface area contributed by atoms with Crippen LogP contribution in [-0.2, 0) is 6.18 Å². The lowest BCUT2D eigenvalue weighted by Crippen LogP contribution is -2.22. The van der Waals surface area contributed by atoms with Crippen LogP contribution in [0.15, 0.2) is 54.7 Å². The number of ketones is 1. The van der Waals surface area contributed by atoms with Gasteiger partial charge in [0.25, 0.3) is 0 Å². The van der Waals surface area contributed by atoms with Gasteiger partial charge in [0.1, 0.15) is 5.69 Å². The molecule has 0 unspecified atom stereocenters. The highest BCUT2D eigenvalue weighted by Crippen LogP contribution is 2.40. The van der Waals surface area contributed by atoms with Crippen LogP contribution in [0.4, 0.5) is 13.2 Å². The molecule has 0 aliphatic heterocycles. The number of rotatable bonds is 5. The van der Waals surface area contributed by atoms with Crippen molar-refractivity contribution in [3.05, 3.63) is 70.0 Å². The van der Waals surface area contributed by atoms with Gasteiger partial charge in [-0.3, -0.25) is 9.78 Å². The van der Waals surface area contributed by atoms with Crippen molar-refractivity contribution in [1.29, 1.82) is 0 Å². The number of pyridine rings is 1. The van der Waals surface area contributed by atoms with Gasteiger partial charge in [-0.2, -0.15) is 13.2 Å². The van der Waals surface area contributed by atoms with Crippen LogP contribution in [0.25, 0.3) is 22.6 Å². The van der Waals surface area contributed by atoms with Gasteiger partial charge in [-0.15, -0.1) is 11.3 Å². The van der Waals surface area contributed by atoms with E-state index in [2.05, 4.69) is 9.97 Å². The van der Waals surface area contributed by atoms with E-state index in [1.54, 1.807) is 12.3 Å². The molecule has 8 heteroatoms. The Bertz CT molecular complexity index is 1330. The second-order valence-corrected chi connectivity index (χ2v) is 10.2. The van der Waals surface area contributed by atoms with E-state index in [9.17, 15) is 18.0 Å². The van der Waals surface area contributed by atoms with E-state index in [0.29, 0.717) is 29.0 Å². The number of hydrogen-bond acceptors (Lipinski definition) is 4. The predicted molar refractivity (Wildman–Crippen MR) is 127 cm³/mol. The molecular formula is C26H24F3N3OS. The molecule has 1 aliphatic rings. The lowest BCUT2D eigenvalue weighted by molar-refractivity contribution is -0.137. The Hall–Kier alpha value is -3.00. The number of carbonyl (C=O) groups excluding carboxylic acids is 1. The minimum absolute atomic E-state index is 0.0374. The number of aromatic nitrogens is 3. The quantitative estimate of drug-likeness (QED) is 0.276. The average molecular weight is 484 g/mol. The van der Waals surface area contributed by atoms with Crippen LogP contribution >= 0.6 is 11.3 Å². The number of thiophene rings is 1. The topological polar surface area (TPSA) is 47.8 Å². The molecule has 176 valence electrons. The molecule has 0 amide bonds. The van der Waals surface area contributed by atoms with Crippen LogP contribution < -0.4 is 0 Å². The van der Waals surface area contributed by atoms with Gasteiger partial charge in [0.2, 0.25) is 0 Å². The number of alkyl halides is 3. The largest absolute Gasteiger partial charge is 0.416 e. The Morgan fingerprint density at radius 2 is 2.00 bits per heavy atom. The third-order valence-electron chi connectivity index (χ3n) is 6.52. The summed E-state index contributed by atoms with van der Waals surface area (Å²) in [7, 11) is 0. The lowest BCUT2D eigenvalue weighted by Gasteiger charge is -2.31. The summed E-state index contributed by atoms with van der Waals surface area (Å²) in [5, 5.41) is 0. The number of halogens is 3. The molecule has 2 atom stereocenters. The summed E-state index contributed by atoms with van der Waals surface area (Å²) in [6.07, 6.45) is 1.30. The van der Waals surface area contributed by atoms with E-state index >= 15 is 0 Å². The first kappa shape index (κ1) is 22.8. The number of benzene rings is 1. The van der Waals surface area contributed by atoms with Crippen LogP contribution in [0.3, 0.4) is 0 Å². The highest BCUT2D eigenvalue weighted by atomic mass is 32.1. The minimum Gasteiger partial charge on any atom is -0.320 e. The Morgan fingerprint density at radius 1 is 1.15 bits per heavy atom. The summed E-state index contributed by atoms with van der Waals surface area (Å²) in [4.78, 5) is 23.8. The number of carbonyl (C=O) groups is 1. The monoisotopic (exact) mass is 483 g/mol. The van der Waals surface area contributed by atoms with Crippen LogP contribution in [-0.4, -0.2) is 20.3 Å². The number of aryl methyl sites for hydroxylation is 1.